The first-order valence-corrected chi connectivity index (χ1v) is 6.68. The molecule has 2 N–H and O–H groups in total. The number of halogens is 4. The molecule has 0 saturated heterocycles. The first-order valence-electron chi connectivity index (χ1n) is 5.87. The Balaban J connectivity index is 0. The van der Waals surface area contributed by atoms with Crippen LogP contribution in [0.25, 0.3) is 21.6 Å². The Morgan fingerprint density at radius 1 is 0.826 bits per heavy atom. The molecule has 3 aromatic rings. The topological polar surface area (TPSA) is 64.7 Å². The van der Waals surface area contributed by atoms with E-state index in [1.54, 1.807) is 17.5 Å². The van der Waals surface area contributed by atoms with E-state index in [-0.39, 0.29) is 49.6 Å². The van der Waals surface area contributed by atoms with Gasteiger partial charge in [0.2, 0.25) is 0 Å². The van der Waals surface area contributed by atoms with Crippen molar-refractivity contribution in [1.29, 1.82) is 0 Å². The molecule has 3 heterocycles. The number of aromatic nitrogens is 3. The summed E-state index contributed by atoms with van der Waals surface area (Å²) in [5.74, 6) is 0. The Bertz CT molecular complexity index is 694. The van der Waals surface area contributed by atoms with Crippen LogP contribution < -0.4 is 5.73 Å². The monoisotopic (exact) mass is 412 g/mol. The molecule has 126 valence electrons. The maximum atomic E-state index is 5.67. The van der Waals surface area contributed by atoms with Gasteiger partial charge in [-0.05, 0) is 23.8 Å². The van der Waals surface area contributed by atoms with E-state index < -0.39 is 0 Å². The molecule has 0 radical (unpaired) electrons. The summed E-state index contributed by atoms with van der Waals surface area (Å²) in [4.78, 5) is 14.7. The molecule has 4 nitrogen and oxygen atoms in total. The highest BCUT2D eigenvalue weighted by atomic mass is 35.5. The molecule has 9 heteroatoms. The number of pyridine rings is 1. The maximum Gasteiger partial charge on any atom is 0.115 e. The fraction of sp³-hybridized carbons (Fsp3) is 0.0714. The van der Waals surface area contributed by atoms with E-state index in [9.17, 15) is 0 Å². The Morgan fingerprint density at radius 3 is 2.13 bits per heavy atom. The molecular formula is C14H16Cl4N4S. The first kappa shape index (κ1) is 24.3. The predicted molar refractivity (Wildman–Crippen MR) is 105 cm³/mol. The van der Waals surface area contributed by atoms with Crippen molar-refractivity contribution in [2.24, 2.45) is 5.73 Å². The van der Waals surface area contributed by atoms with Crippen LogP contribution in [0.1, 0.15) is 4.88 Å². The summed E-state index contributed by atoms with van der Waals surface area (Å²) in [7, 11) is 0. The molecule has 0 aliphatic heterocycles. The molecule has 23 heavy (non-hydrogen) atoms. The zero-order chi connectivity index (χ0) is 13.1. The third-order valence-electron chi connectivity index (χ3n) is 2.82. The molecule has 0 aliphatic rings. The number of hydrogen-bond donors (Lipinski definition) is 1. The molecule has 0 aromatic carbocycles. The van der Waals surface area contributed by atoms with Crippen LogP contribution >= 0.6 is 61.0 Å². The van der Waals surface area contributed by atoms with Crippen LogP contribution in [0.2, 0.25) is 0 Å². The largest absolute Gasteiger partial charge is 0.326 e. The standard InChI is InChI=1S/C14H12N4S.4ClH/c15-5-11-1-2-14(19-11)13-8-16-4-3-12(13)10-6-17-9-18-7-10;;;;/h1-4,6-9H,5,15H2;4*1H. The number of nitrogens with two attached hydrogens (primary N) is 1. The second-order valence-corrected chi connectivity index (χ2v) is 5.19. The normalized spacial score (nSPS) is 8.74. The minimum absolute atomic E-state index is 0. The molecule has 0 saturated carbocycles. The van der Waals surface area contributed by atoms with Gasteiger partial charge in [0.15, 0.2) is 0 Å². The van der Waals surface area contributed by atoms with Gasteiger partial charge in [0.1, 0.15) is 6.33 Å². The first-order chi connectivity index (χ1) is 9.38. The number of nitrogens with zero attached hydrogens (tertiary/aromatic N) is 3. The Hall–Kier alpha value is -0.950. The van der Waals surface area contributed by atoms with E-state index in [2.05, 4.69) is 27.1 Å². The van der Waals surface area contributed by atoms with Crippen molar-refractivity contribution in [1.82, 2.24) is 15.0 Å². The van der Waals surface area contributed by atoms with Crippen molar-refractivity contribution in [3.05, 3.63) is 54.2 Å². The van der Waals surface area contributed by atoms with Gasteiger partial charge in [-0.15, -0.1) is 61.0 Å². The highest BCUT2D eigenvalue weighted by Crippen LogP contribution is 2.34. The van der Waals surface area contributed by atoms with Gasteiger partial charge < -0.3 is 5.73 Å². The molecule has 0 atom stereocenters. The van der Waals surface area contributed by atoms with Crippen molar-refractivity contribution >= 4 is 61.0 Å². The Kier molecular flexibility index (Phi) is 12.2. The summed E-state index contributed by atoms with van der Waals surface area (Å²) in [6.07, 6.45) is 8.80. The van der Waals surface area contributed by atoms with Gasteiger partial charge in [0.25, 0.3) is 0 Å². The van der Waals surface area contributed by atoms with E-state index in [0.717, 1.165) is 26.4 Å². The van der Waals surface area contributed by atoms with Gasteiger partial charge in [-0.2, -0.15) is 0 Å². The highest BCUT2D eigenvalue weighted by Gasteiger charge is 2.09. The van der Waals surface area contributed by atoms with Crippen LogP contribution in [0.15, 0.2) is 49.3 Å². The lowest BCUT2D eigenvalue weighted by atomic mass is 10.0. The summed E-state index contributed by atoms with van der Waals surface area (Å²) in [6, 6.07) is 6.12. The van der Waals surface area contributed by atoms with Crippen molar-refractivity contribution < 1.29 is 0 Å². The fourth-order valence-corrected chi connectivity index (χ4v) is 2.82. The van der Waals surface area contributed by atoms with E-state index in [4.69, 9.17) is 5.73 Å². The molecule has 0 fully saturated rings. The average Bonchev–Trinajstić information content (AvgIpc) is 2.97. The summed E-state index contributed by atoms with van der Waals surface area (Å²) in [5.41, 5.74) is 8.82. The Labute approximate surface area is 163 Å². The number of hydrogen-bond acceptors (Lipinski definition) is 5. The van der Waals surface area contributed by atoms with E-state index in [1.807, 2.05) is 24.7 Å². The lowest BCUT2D eigenvalue weighted by Crippen LogP contribution is -1.91. The lowest BCUT2D eigenvalue weighted by Gasteiger charge is -2.06. The summed E-state index contributed by atoms with van der Waals surface area (Å²) in [5, 5.41) is 0. The summed E-state index contributed by atoms with van der Waals surface area (Å²) in [6.45, 7) is 0.564. The third-order valence-corrected chi connectivity index (χ3v) is 3.96. The molecule has 3 rings (SSSR count). The molecule has 0 unspecified atom stereocenters. The van der Waals surface area contributed by atoms with Crippen molar-refractivity contribution in [3.63, 3.8) is 0 Å². The molecule has 0 bridgehead atoms. The molecule has 0 amide bonds. The van der Waals surface area contributed by atoms with Gasteiger partial charge in [-0.25, -0.2) is 9.97 Å². The van der Waals surface area contributed by atoms with Crippen molar-refractivity contribution in [3.8, 4) is 21.6 Å². The van der Waals surface area contributed by atoms with Crippen LogP contribution in [-0.2, 0) is 6.54 Å². The van der Waals surface area contributed by atoms with Crippen LogP contribution in [-0.4, -0.2) is 15.0 Å². The molecular weight excluding hydrogens is 398 g/mol. The number of thiophene rings is 1. The smallest absolute Gasteiger partial charge is 0.115 e. The Morgan fingerprint density at radius 2 is 1.52 bits per heavy atom. The van der Waals surface area contributed by atoms with E-state index >= 15 is 0 Å². The average molecular weight is 414 g/mol. The van der Waals surface area contributed by atoms with E-state index in [1.165, 1.54) is 6.33 Å². The molecule has 0 spiro atoms. The summed E-state index contributed by atoms with van der Waals surface area (Å²) < 4.78 is 0. The minimum Gasteiger partial charge on any atom is -0.326 e. The predicted octanol–water partition coefficient (Wildman–Crippen LogP) is 4.41. The van der Waals surface area contributed by atoms with Gasteiger partial charge in [-0.1, -0.05) is 0 Å². The minimum atomic E-state index is 0. The second kappa shape index (κ2) is 11.6. The quantitative estimate of drug-likeness (QED) is 0.690. The van der Waals surface area contributed by atoms with Gasteiger partial charge in [-0.3, -0.25) is 4.98 Å². The zero-order valence-corrected chi connectivity index (χ0v) is 15.9. The van der Waals surface area contributed by atoms with Gasteiger partial charge in [0.05, 0.1) is 0 Å². The van der Waals surface area contributed by atoms with Crippen LogP contribution in [0.4, 0.5) is 0 Å². The maximum absolute atomic E-state index is 5.67. The molecule has 0 aliphatic carbocycles. The fourth-order valence-electron chi connectivity index (χ4n) is 1.91. The SMILES string of the molecule is Cl.Cl.Cl.Cl.NCc1ccc(-c2cnccc2-c2cncnc2)s1. The van der Waals surface area contributed by atoms with Crippen LogP contribution in [0.3, 0.4) is 0 Å². The molecule has 3 aromatic heterocycles. The van der Waals surface area contributed by atoms with Gasteiger partial charge >= 0.3 is 0 Å². The third kappa shape index (κ3) is 5.57. The zero-order valence-electron chi connectivity index (χ0n) is 11.8. The van der Waals surface area contributed by atoms with Gasteiger partial charge in [0, 0.05) is 52.2 Å². The highest BCUT2D eigenvalue weighted by molar-refractivity contribution is 7.15. The number of rotatable bonds is 3. The van der Waals surface area contributed by atoms with Crippen LogP contribution in [0, 0.1) is 0 Å². The second-order valence-electron chi connectivity index (χ2n) is 4.02. The van der Waals surface area contributed by atoms with Crippen molar-refractivity contribution in [2.45, 2.75) is 6.54 Å². The van der Waals surface area contributed by atoms with Crippen LogP contribution in [0.5, 0.6) is 0 Å². The summed E-state index contributed by atoms with van der Waals surface area (Å²) >= 11 is 1.69. The lowest BCUT2D eigenvalue weighted by molar-refractivity contribution is 1.11. The van der Waals surface area contributed by atoms with E-state index in [0.29, 0.717) is 6.54 Å². The van der Waals surface area contributed by atoms with Crippen molar-refractivity contribution in [2.75, 3.05) is 0 Å².